The summed E-state index contributed by atoms with van der Waals surface area (Å²) in [5, 5.41) is 6.90. The Morgan fingerprint density at radius 2 is 2.13 bits per heavy atom. The third-order valence-electron chi connectivity index (χ3n) is 4.65. The predicted octanol–water partition coefficient (Wildman–Crippen LogP) is 3.90. The predicted molar refractivity (Wildman–Crippen MR) is 126 cm³/mol. The Morgan fingerprint density at radius 3 is 2.87 bits per heavy atom. The highest BCUT2D eigenvalue weighted by Gasteiger charge is 2.14. The van der Waals surface area contributed by atoms with Crippen LogP contribution in [0.15, 0.2) is 46.6 Å². The second-order valence-corrected chi connectivity index (χ2v) is 8.21. The van der Waals surface area contributed by atoms with E-state index in [0.29, 0.717) is 37.0 Å². The number of methoxy groups -OCH3 is 1. The Bertz CT molecular complexity index is 1020. The summed E-state index contributed by atoms with van der Waals surface area (Å²) in [6, 6.07) is 11.6. The molecule has 0 bridgehead atoms. The fourth-order valence-corrected chi connectivity index (χ4v) is 4.05. The summed E-state index contributed by atoms with van der Waals surface area (Å²) in [7, 11) is 1.63. The maximum absolute atomic E-state index is 12.7. The molecule has 3 rings (SSSR count). The van der Waals surface area contributed by atoms with Crippen molar-refractivity contribution < 1.29 is 9.47 Å². The van der Waals surface area contributed by atoms with Crippen molar-refractivity contribution in [3.63, 3.8) is 0 Å². The van der Waals surface area contributed by atoms with E-state index >= 15 is 0 Å². The molecule has 8 heteroatoms. The van der Waals surface area contributed by atoms with Gasteiger partial charge in [0.15, 0.2) is 5.11 Å². The number of aromatic amines is 1. The highest BCUT2D eigenvalue weighted by molar-refractivity contribution is 7.80. The molecule has 30 heavy (non-hydrogen) atoms. The molecule has 0 radical (unpaired) electrons. The van der Waals surface area contributed by atoms with E-state index in [2.05, 4.69) is 16.4 Å². The van der Waals surface area contributed by atoms with E-state index in [-0.39, 0.29) is 5.56 Å². The first-order valence-corrected chi connectivity index (χ1v) is 11.2. The highest BCUT2D eigenvalue weighted by atomic mass is 32.1. The van der Waals surface area contributed by atoms with Crippen LogP contribution in [-0.4, -0.2) is 41.9 Å². The van der Waals surface area contributed by atoms with E-state index in [9.17, 15) is 4.79 Å². The van der Waals surface area contributed by atoms with Gasteiger partial charge in [0.25, 0.3) is 5.56 Å². The molecule has 0 fully saturated rings. The Hall–Kier alpha value is -2.42. The molecule has 160 valence electrons. The van der Waals surface area contributed by atoms with E-state index in [1.165, 1.54) is 4.88 Å². The lowest BCUT2D eigenvalue weighted by atomic mass is 10.1. The molecular weight excluding hydrogens is 418 g/mol. The van der Waals surface area contributed by atoms with Gasteiger partial charge in [-0.15, -0.1) is 11.3 Å². The second kappa shape index (κ2) is 11.1. The Morgan fingerprint density at radius 1 is 1.27 bits per heavy atom. The van der Waals surface area contributed by atoms with E-state index < -0.39 is 0 Å². The number of thiophene rings is 1. The van der Waals surface area contributed by atoms with Crippen molar-refractivity contribution >= 4 is 39.6 Å². The van der Waals surface area contributed by atoms with Gasteiger partial charge in [-0.3, -0.25) is 4.79 Å². The van der Waals surface area contributed by atoms with Crippen LogP contribution in [0.25, 0.3) is 10.9 Å². The van der Waals surface area contributed by atoms with Gasteiger partial charge in [0, 0.05) is 41.1 Å². The molecule has 2 aromatic heterocycles. The van der Waals surface area contributed by atoms with E-state index in [1.54, 1.807) is 18.4 Å². The molecule has 6 nitrogen and oxygen atoms in total. The lowest BCUT2D eigenvalue weighted by Crippen LogP contribution is -2.40. The normalized spacial score (nSPS) is 10.9. The van der Waals surface area contributed by atoms with Crippen LogP contribution < -0.4 is 15.6 Å². The number of ether oxygens (including phenoxy) is 2. The lowest BCUT2D eigenvalue weighted by Gasteiger charge is -2.25. The molecule has 0 spiro atoms. The first-order valence-electron chi connectivity index (χ1n) is 9.93. The second-order valence-electron chi connectivity index (χ2n) is 6.79. The van der Waals surface area contributed by atoms with Gasteiger partial charge in [-0.25, -0.2) is 0 Å². The molecule has 0 aliphatic heterocycles. The average Bonchev–Trinajstić information content (AvgIpc) is 3.26. The molecule has 1 aromatic carbocycles. The van der Waals surface area contributed by atoms with E-state index in [0.717, 1.165) is 29.6 Å². The molecule has 0 aliphatic carbocycles. The van der Waals surface area contributed by atoms with Crippen molar-refractivity contribution in [1.29, 1.82) is 0 Å². The number of aromatic nitrogens is 1. The molecule has 2 N–H and O–H groups in total. The minimum absolute atomic E-state index is 0.108. The number of hydrogen-bond donors (Lipinski definition) is 2. The lowest BCUT2D eigenvalue weighted by molar-refractivity contribution is 0.145. The summed E-state index contributed by atoms with van der Waals surface area (Å²) in [4.78, 5) is 18.9. The Kier molecular flexibility index (Phi) is 8.24. The van der Waals surface area contributed by atoms with Crippen LogP contribution >= 0.6 is 23.6 Å². The topological polar surface area (TPSA) is 66.6 Å². The van der Waals surface area contributed by atoms with Crippen molar-refractivity contribution in [2.75, 3.05) is 26.9 Å². The zero-order chi connectivity index (χ0) is 21.3. The molecular formula is C22H27N3O3S2. The average molecular weight is 446 g/mol. The monoisotopic (exact) mass is 445 g/mol. The number of thiocarbonyl (C=S) groups is 1. The molecule has 0 saturated heterocycles. The number of hydrogen-bond acceptors (Lipinski definition) is 5. The number of nitrogens with zero attached hydrogens (tertiary/aromatic N) is 1. The van der Waals surface area contributed by atoms with Gasteiger partial charge in [0.1, 0.15) is 5.75 Å². The minimum Gasteiger partial charge on any atom is -0.497 e. The van der Waals surface area contributed by atoms with E-state index in [4.69, 9.17) is 21.7 Å². The fraction of sp³-hybridized carbons (Fsp3) is 0.364. The molecule has 0 unspecified atom stereocenters. The molecule has 3 aromatic rings. The van der Waals surface area contributed by atoms with Gasteiger partial charge in [-0.1, -0.05) is 6.07 Å². The Labute approximate surface area is 185 Å². The smallest absolute Gasteiger partial charge is 0.253 e. The molecule has 0 saturated carbocycles. The first kappa shape index (κ1) is 22.3. The van der Waals surface area contributed by atoms with Crippen LogP contribution in [0, 0.1) is 0 Å². The summed E-state index contributed by atoms with van der Waals surface area (Å²) in [6.07, 6.45) is 0.872. The van der Waals surface area contributed by atoms with Gasteiger partial charge in [0.05, 0.1) is 20.2 Å². The van der Waals surface area contributed by atoms with Crippen LogP contribution in [0.1, 0.15) is 23.8 Å². The van der Waals surface area contributed by atoms with E-state index in [1.807, 2.05) is 47.5 Å². The minimum atomic E-state index is -0.108. The number of fused-ring (bicyclic) bond motifs is 1. The van der Waals surface area contributed by atoms with Crippen LogP contribution in [-0.2, 0) is 17.8 Å². The SMILES string of the molecule is CCOCCCNC(=S)N(Cc1cccs1)Cc1cc2cc(OC)ccc2[nH]c1=O. The van der Waals surface area contributed by atoms with Gasteiger partial charge < -0.3 is 24.7 Å². The largest absolute Gasteiger partial charge is 0.497 e. The number of nitrogens with one attached hydrogen (secondary N) is 2. The van der Waals surface area contributed by atoms with Crippen molar-refractivity contribution in [2.45, 2.75) is 26.4 Å². The van der Waals surface area contributed by atoms with Gasteiger partial charge in [-0.05, 0) is 61.3 Å². The summed E-state index contributed by atoms with van der Waals surface area (Å²) in [6.45, 7) is 5.18. The molecule has 0 atom stereocenters. The third kappa shape index (κ3) is 6.04. The van der Waals surface area contributed by atoms with Gasteiger partial charge >= 0.3 is 0 Å². The maximum Gasteiger partial charge on any atom is 0.253 e. The number of rotatable bonds is 10. The molecule has 0 aliphatic rings. The zero-order valence-electron chi connectivity index (χ0n) is 17.3. The standard InChI is InChI=1S/C22H27N3O3S2/c1-3-28-10-5-9-23-22(29)25(15-19-6-4-11-30-19)14-17-12-16-13-18(27-2)7-8-20(16)24-21(17)26/h4,6-8,11-13H,3,5,9-10,14-15H2,1-2H3,(H,23,29)(H,24,26). The first-order chi connectivity index (χ1) is 14.6. The summed E-state index contributed by atoms with van der Waals surface area (Å²) >= 11 is 7.33. The third-order valence-corrected chi connectivity index (χ3v) is 5.91. The van der Waals surface area contributed by atoms with Crippen LogP contribution in [0.3, 0.4) is 0 Å². The zero-order valence-corrected chi connectivity index (χ0v) is 18.9. The summed E-state index contributed by atoms with van der Waals surface area (Å²) in [5.41, 5.74) is 1.33. The fourth-order valence-electron chi connectivity index (χ4n) is 3.10. The van der Waals surface area contributed by atoms with Crippen molar-refractivity contribution in [3.8, 4) is 5.75 Å². The molecule has 2 heterocycles. The van der Waals surface area contributed by atoms with Crippen molar-refractivity contribution in [3.05, 3.63) is 62.6 Å². The Balaban J connectivity index is 1.78. The van der Waals surface area contributed by atoms with Crippen LogP contribution in [0.4, 0.5) is 0 Å². The highest BCUT2D eigenvalue weighted by Crippen LogP contribution is 2.20. The molecule has 0 amide bonds. The van der Waals surface area contributed by atoms with Crippen LogP contribution in [0.2, 0.25) is 0 Å². The number of benzene rings is 1. The summed E-state index contributed by atoms with van der Waals surface area (Å²) < 4.78 is 10.7. The number of pyridine rings is 1. The summed E-state index contributed by atoms with van der Waals surface area (Å²) in [5.74, 6) is 0.752. The van der Waals surface area contributed by atoms with Crippen molar-refractivity contribution in [2.24, 2.45) is 0 Å². The number of H-pyrrole nitrogens is 1. The maximum atomic E-state index is 12.7. The quantitative estimate of drug-likeness (QED) is 0.364. The van der Waals surface area contributed by atoms with Crippen LogP contribution in [0.5, 0.6) is 5.75 Å². The van der Waals surface area contributed by atoms with Gasteiger partial charge in [-0.2, -0.15) is 0 Å². The van der Waals surface area contributed by atoms with Crippen molar-refractivity contribution in [1.82, 2.24) is 15.2 Å². The van der Waals surface area contributed by atoms with Gasteiger partial charge in [0.2, 0.25) is 0 Å².